The van der Waals surface area contributed by atoms with Gasteiger partial charge in [-0.2, -0.15) is 0 Å². The molecule has 0 bridgehead atoms. The third kappa shape index (κ3) is 4.04. The standard InChI is InChI=1S/C24H29N3O3/c1-17(28)26-14-10-20-19(15-26)16-27(13-9-18-7-4-3-5-8-18)23(30)21(20)22(29)25-24(2)11-6-12-24/h3-5,7-8,16H,6,9-15H2,1-2H3,(H,25,29). The van der Waals surface area contributed by atoms with Gasteiger partial charge in [0.05, 0.1) is 0 Å². The first kappa shape index (κ1) is 20.4. The molecule has 0 saturated heterocycles. The predicted molar refractivity (Wildman–Crippen MR) is 115 cm³/mol. The molecule has 1 fully saturated rings. The lowest BCUT2D eigenvalue weighted by Crippen LogP contribution is -2.52. The Morgan fingerprint density at radius 1 is 1.17 bits per heavy atom. The molecule has 2 amide bonds. The number of nitrogens with one attached hydrogen (secondary N) is 1. The number of carbonyl (C=O) groups is 2. The maximum atomic E-state index is 13.3. The number of hydrogen-bond acceptors (Lipinski definition) is 3. The largest absolute Gasteiger partial charge is 0.347 e. The summed E-state index contributed by atoms with van der Waals surface area (Å²) in [6.07, 6.45) is 6.05. The minimum Gasteiger partial charge on any atom is -0.347 e. The number of benzene rings is 1. The van der Waals surface area contributed by atoms with Crippen LogP contribution in [0.1, 0.15) is 60.2 Å². The van der Waals surface area contributed by atoms with Gasteiger partial charge in [0, 0.05) is 38.3 Å². The van der Waals surface area contributed by atoms with E-state index in [1.165, 1.54) is 0 Å². The van der Waals surface area contributed by atoms with E-state index >= 15 is 0 Å². The quantitative estimate of drug-likeness (QED) is 0.828. The van der Waals surface area contributed by atoms with E-state index in [-0.39, 0.29) is 28.5 Å². The molecule has 1 N–H and O–H groups in total. The third-order valence-corrected chi connectivity index (χ3v) is 6.50. The highest BCUT2D eigenvalue weighted by molar-refractivity contribution is 5.96. The Kier molecular flexibility index (Phi) is 5.50. The maximum absolute atomic E-state index is 13.3. The van der Waals surface area contributed by atoms with Crippen LogP contribution < -0.4 is 10.9 Å². The lowest BCUT2D eigenvalue weighted by atomic mass is 9.78. The molecule has 2 aromatic rings. The summed E-state index contributed by atoms with van der Waals surface area (Å²) in [6, 6.07) is 9.99. The van der Waals surface area contributed by atoms with Crippen molar-refractivity contribution in [2.75, 3.05) is 6.54 Å². The average molecular weight is 408 g/mol. The number of rotatable bonds is 5. The van der Waals surface area contributed by atoms with Crippen molar-refractivity contribution in [3.05, 3.63) is 69.1 Å². The van der Waals surface area contributed by atoms with Crippen LogP contribution >= 0.6 is 0 Å². The maximum Gasteiger partial charge on any atom is 0.263 e. The van der Waals surface area contributed by atoms with E-state index in [9.17, 15) is 14.4 Å². The highest BCUT2D eigenvalue weighted by atomic mass is 16.2. The number of nitrogens with zero attached hydrogens (tertiary/aromatic N) is 2. The Morgan fingerprint density at radius 3 is 2.53 bits per heavy atom. The second-order valence-electron chi connectivity index (χ2n) is 8.80. The summed E-state index contributed by atoms with van der Waals surface area (Å²) in [7, 11) is 0. The molecule has 1 saturated carbocycles. The highest BCUT2D eigenvalue weighted by Gasteiger charge is 2.35. The summed E-state index contributed by atoms with van der Waals surface area (Å²) in [5.74, 6) is -0.264. The zero-order chi connectivity index (χ0) is 21.3. The number of amides is 2. The topological polar surface area (TPSA) is 71.4 Å². The molecule has 0 radical (unpaired) electrons. The molecule has 1 aromatic carbocycles. The van der Waals surface area contributed by atoms with Crippen molar-refractivity contribution in [1.29, 1.82) is 0 Å². The first-order valence-electron chi connectivity index (χ1n) is 10.7. The normalized spacial score (nSPS) is 17.1. The van der Waals surface area contributed by atoms with Crippen LogP contribution in [0.3, 0.4) is 0 Å². The molecule has 1 aliphatic heterocycles. The molecule has 2 heterocycles. The van der Waals surface area contributed by atoms with Gasteiger partial charge in [0.2, 0.25) is 5.91 Å². The number of hydrogen-bond donors (Lipinski definition) is 1. The van der Waals surface area contributed by atoms with Crippen LogP contribution in [0.25, 0.3) is 0 Å². The van der Waals surface area contributed by atoms with Crippen molar-refractivity contribution in [3.63, 3.8) is 0 Å². The summed E-state index contributed by atoms with van der Waals surface area (Å²) < 4.78 is 1.65. The van der Waals surface area contributed by atoms with E-state index in [1.807, 2.05) is 43.5 Å². The van der Waals surface area contributed by atoms with Crippen molar-refractivity contribution < 1.29 is 9.59 Å². The van der Waals surface area contributed by atoms with Gasteiger partial charge in [0.15, 0.2) is 0 Å². The van der Waals surface area contributed by atoms with Gasteiger partial charge < -0.3 is 14.8 Å². The Hall–Kier alpha value is -2.89. The monoisotopic (exact) mass is 407 g/mol. The van der Waals surface area contributed by atoms with Crippen molar-refractivity contribution in [3.8, 4) is 0 Å². The van der Waals surface area contributed by atoms with Gasteiger partial charge >= 0.3 is 0 Å². The molecule has 0 atom stereocenters. The van der Waals surface area contributed by atoms with Gasteiger partial charge in [-0.05, 0) is 55.7 Å². The first-order valence-corrected chi connectivity index (χ1v) is 10.7. The SMILES string of the molecule is CC(=O)N1CCc2c(cn(CCc3ccccc3)c(=O)c2C(=O)NC2(C)CCC2)C1. The van der Waals surface area contributed by atoms with E-state index in [1.54, 1.807) is 16.4 Å². The smallest absolute Gasteiger partial charge is 0.263 e. The minimum absolute atomic E-state index is 0.00988. The molecule has 1 aromatic heterocycles. The van der Waals surface area contributed by atoms with Crippen molar-refractivity contribution in [2.24, 2.45) is 0 Å². The summed E-state index contributed by atoms with van der Waals surface area (Å²) in [6.45, 7) is 5.06. The fourth-order valence-electron chi connectivity index (χ4n) is 4.44. The van der Waals surface area contributed by atoms with E-state index in [0.717, 1.165) is 36.0 Å². The van der Waals surface area contributed by atoms with Crippen LogP contribution in [0.15, 0.2) is 41.3 Å². The number of pyridine rings is 1. The fourth-order valence-corrected chi connectivity index (χ4v) is 4.44. The molecule has 6 heteroatoms. The predicted octanol–water partition coefficient (Wildman–Crippen LogP) is 2.67. The van der Waals surface area contributed by atoms with Gasteiger partial charge in [0.1, 0.15) is 5.56 Å². The second-order valence-corrected chi connectivity index (χ2v) is 8.80. The van der Waals surface area contributed by atoms with Gasteiger partial charge in [0.25, 0.3) is 11.5 Å². The molecular weight excluding hydrogens is 378 g/mol. The second kappa shape index (κ2) is 8.09. The summed E-state index contributed by atoms with van der Waals surface area (Å²) in [4.78, 5) is 40.2. The van der Waals surface area contributed by atoms with Crippen LogP contribution in [-0.4, -0.2) is 33.4 Å². The lowest BCUT2D eigenvalue weighted by molar-refractivity contribution is -0.129. The molecule has 0 spiro atoms. The molecule has 6 nitrogen and oxygen atoms in total. The molecular formula is C24H29N3O3. The number of fused-ring (bicyclic) bond motifs is 1. The molecule has 0 unspecified atom stereocenters. The fraction of sp³-hybridized carbons (Fsp3) is 0.458. The zero-order valence-electron chi connectivity index (χ0n) is 17.7. The van der Waals surface area contributed by atoms with Gasteiger partial charge in [-0.3, -0.25) is 14.4 Å². The molecule has 4 rings (SSSR count). The Bertz CT molecular complexity index is 1020. The summed E-state index contributed by atoms with van der Waals surface area (Å²) >= 11 is 0. The van der Waals surface area contributed by atoms with E-state index in [0.29, 0.717) is 32.5 Å². The number of carbonyl (C=O) groups excluding carboxylic acids is 2. The number of aryl methyl sites for hydroxylation is 2. The van der Waals surface area contributed by atoms with Gasteiger partial charge in [-0.15, -0.1) is 0 Å². The zero-order valence-corrected chi connectivity index (χ0v) is 17.7. The van der Waals surface area contributed by atoms with Crippen molar-refractivity contribution in [2.45, 2.75) is 64.6 Å². The minimum atomic E-state index is -0.274. The van der Waals surface area contributed by atoms with E-state index in [4.69, 9.17) is 0 Å². The molecule has 1 aliphatic carbocycles. The van der Waals surface area contributed by atoms with Crippen LogP contribution in [0.4, 0.5) is 0 Å². The van der Waals surface area contributed by atoms with E-state index < -0.39 is 0 Å². The van der Waals surface area contributed by atoms with Crippen LogP contribution in [0.2, 0.25) is 0 Å². The molecule has 2 aliphatic rings. The molecule has 30 heavy (non-hydrogen) atoms. The Morgan fingerprint density at radius 2 is 1.90 bits per heavy atom. The Labute approximate surface area is 176 Å². The van der Waals surface area contributed by atoms with Crippen LogP contribution in [-0.2, 0) is 30.7 Å². The van der Waals surface area contributed by atoms with E-state index in [2.05, 4.69) is 5.32 Å². The van der Waals surface area contributed by atoms with Crippen molar-refractivity contribution in [1.82, 2.24) is 14.8 Å². The molecule has 158 valence electrons. The summed E-state index contributed by atoms with van der Waals surface area (Å²) in [5, 5.41) is 3.10. The third-order valence-electron chi connectivity index (χ3n) is 6.50. The van der Waals surface area contributed by atoms with Gasteiger partial charge in [-0.25, -0.2) is 0 Å². The van der Waals surface area contributed by atoms with Crippen LogP contribution in [0, 0.1) is 0 Å². The van der Waals surface area contributed by atoms with Gasteiger partial charge in [-0.1, -0.05) is 30.3 Å². The first-order chi connectivity index (χ1) is 14.4. The average Bonchev–Trinajstić information content (AvgIpc) is 2.71. The Balaban J connectivity index is 1.69. The highest BCUT2D eigenvalue weighted by Crippen LogP contribution is 2.31. The summed E-state index contributed by atoms with van der Waals surface area (Å²) in [5.41, 5.74) is 2.64. The lowest BCUT2D eigenvalue weighted by Gasteiger charge is -2.39. The van der Waals surface area contributed by atoms with Crippen LogP contribution in [0.5, 0.6) is 0 Å². The number of aromatic nitrogens is 1. The van der Waals surface area contributed by atoms with Crippen molar-refractivity contribution >= 4 is 11.8 Å².